The van der Waals surface area contributed by atoms with Gasteiger partial charge in [0, 0.05) is 44.0 Å². The van der Waals surface area contributed by atoms with Gasteiger partial charge in [-0.3, -0.25) is 19.5 Å². The summed E-state index contributed by atoms with van der Waals surface area (Å²) in [4.78, 5) is 18.7. The number of halogens is 2. The molecular formula is C29H29F2N7O3S. The summed E-state index contributed by atoms with van der Waals surface area (Å²) in [5.74, 6) is -1.27. The second kappa shape index (κ2) is 9.82. The highest BCUT2D eigenvalue weighted by atomic mass is 32.2. The molecule has 1 aromatic carbocycles. The van der Waals surface area contributed by atoms with Gasteiger partial charge >= 0.3 is 0 Å². The van der Waals surface area contributed by atoms with Crippen LogP contribution in [-0.2, 0) is 17.1 Å². The number of aromatic nitrogens is 3. The van der Waals surface area contributed by atoms with Crippen molar-refractivity contribution in [3.05, 3.63) is 95.4 Å². The van der Waals surface area contributed by atoms with E-state index in [1.165, 1.54) is 41.5 Å². The molecule has 13 heteroatoms. The molecule has 2 saturated carbocycles. The molecule has 2 N–H and O–H groups in total. The Balaban J connectivity index is 1.29. The Morgan fingerprint density at radius 1 is 1.10 bits per heavy atom. The van der Waals surface area contributed by atoms with Crippen molar-refractivity contribution in [3.63, 3.8) is 0 Å². The predicted molar refractivity (Wildman–Crippen MR) is 149 cm³/mol. The molecule has 0 amide bonds. The summed E-state index contributed by atoms with van der Waals surface area (Å²) in [7, 11) is -2.21. The third-order valence-electron chi connectivity index (χ3n) is 8.60. The van der Waals surface area contributed by atoms with Gasteiger partial charge in [-0.25, -0.2) is 17.2 Å². The van der Waals surface area contributed by atoms with Crippen LogP contribution in [0.15, 0.2) is 82.9 Å². The van der Waals surface area contributed by atoms with Crippen LogP contribution in [0, 0.1) is 17.0 Å². The maximum atomic E-state index is 14.4. The lowest BCUT2D eigenvalue weighted by Gasteiger charge is -2.46. The molecule has 0 spiro atoms. The molecule has 3 heterocycles. The Morgan fingerprint density at radius 2 is 1.88 bits per heavy atom. The third-order valence-corrected chi connectivity index (χ3v) is 10.6. The number of sulfonamides is 1. The van der Waals surface area contributed by atoms with Gasteiger partial charge in [-0.15, -0.1) is 5.53 Å². The number of hydrogen-bond donors (Lipinski definition) is 2. The van der Waals surface area contributed by atoms with E-state index in [1.807, 2.05) is 6.08 Å². The average Bonchev–Trinajstić information content (AvgIpc) is 3.55. The normalized spacial score (nSPS) is 23.9. The molecule has 10 nitrogen and oxygen atoms in total. The van der Waals surface area contributed by atoms with Crippen LogP contribution in [0.25, 0.3) is 0 Å². The molecule has 0 bridgehead atoms. The molecular weight excluding hydrogens is 564 g/mol. The number of allylic oxidation sites excluding steroid dienone is 3. The van der Waals surface area contributed by atoms with Crippen molar-refractivity contribution in [2.24, 2.45) is 12.5 Å². The maximum absolute atomic E-state index is 14.4. The van der Waals surface area contributed by atoms with Crippen molar-refractivity contribution < 1.29 is 22.0 Å². The van der Waals surface area contributed by atoms with Crippen molar-refractivity contribution >= 4 is 21.5 Å². The number of benzene rings is 1. The zero-order valence-electron chi connectivity index (χ0n) is 22.8. The molecule has 7 rings (SSSR count). The largest absolute Gasteiger partial charge is 0.305 e. The first-order chi connectivity index (χ1) is 20.2. The highest BCUT2D eigenvalue weighted by Gasteiger charge is 2.54. The van der Waals surface area contributed by atoms with Gasteiger partial charge in [0.25, 0.3) is 0 Å². The zero-order valence-corrected chi connectivity index (χ0v) is 23.6. The van der Waals surface area contributed by atoms with Crippen molar-refractivity contribution in [2.75, 3.05) is 5.01 Å². The van der Waals surface area contributed by atoms with Gasteiger partial charge in [0.2, 0.25) is 10.0 Å². The molecule has 3 aromatic rings. The molecule has 2 aromatic heterocycles. The Hall–Kier alpha value is -3.94. The molecule has 0 radical (unpaired) electrons. The number of anilines is 1. The molecule has 0 saturated heterocycles. The molecule has 1 aliphatic heterocycles. The number of nitrogens with one attached hydrogen (secondary N) is 2. The van der Waals surface area contributed by atoms with E-state index in [1.54, 1.807) is 28.5 Å². The van der Waals surface area contributed by atoms with Gasteiger partial charge in [-0.1, -0.05) is 5.57 Å². The quantitative estimate of drug-likeness (QED) is 0.399. The molecule has 3 aliphatic carbocycles. The first-order valence-electron chi connectivity index (χ1n) is 13.9. The highest BCUT2D eigenvalue weighted by molar-refractivity contribution is 7.89. The number of aryl methyl sites for hydroxylation is 1. The number of ketones is 1. The first kappa shape index (κ1) is 26.9. The van der Waals surface area contributed by atoms with Gasteiger partial charge in [-0.05, 0) is 68.5 Å². The summed E-state index contributed by atoms with van der Waals surface area (Å²) in [6, 6.07) is 7.76. The maximum Gasteiger partial charge on any atom is 0.246 e. The first-order valence-corrected chi connectivity index (χ1v) is 15.3. The molecule has 2 atom stereocenters. The number of rotatable bonds is 7. The minimum atomic E-state index is -3.88. The summed E-state index contributed by atoms with van der Waals surface area (Å²) >= 11 is 0. The zero-order chi connectivity index (χ0) is 29.2. The van der Waals surface area contributed by atoms with Gasteiger partial charge in [0.15, 0.2) is 5.78 Å². The minimum Gasteiger partial charge on any atom is -0.305 e. The summed E-state index contributed by atoms with van der Waals surface area (Å²) in [6.45, 7) is 0. The third kappa shape index (κ3) is 4.43. The lowest BCUT2D eigenvalue weighted by atomic mass is 9.61. The van der Waals surface area contributed by atoms with E-state index >= 15 is 0 Å². The van der Waals surface area contributed by atoms with Crippen LogP contribution in [-0.4, -0.2) is 45.4 Å². The number of Topliss-reactive ketones (excluding diaryl/α,β-unsaturated/α-hetero) is 1. The van der Waals surface area contributed by atoms with Crippen LogP contribution in [0.5, 0.6) is 0 Å². The molecule has 0 unspecified atom stereocenters. The molecule has 42 heavy (non-hydrogen) atoms. The summed E-state index contributed by atoms with van der Waals surface area (Å²) in [5, 5.41) is 5.86. The highest BCUT2D eigenvalue weighted by Crippen LogP contribution is 2.54. The fourth-order valence-corrected chi connectivity index (χ4v) is 8.39. The minimum absolute atomic E-state index is 0.0000327. The Bertz CT molecular complexity index is 1750. The Labute approximate surface area is 241 Å². The van der Waals surface area contributed by atoms with Crippen LogP contribution >= 0.6 is 0 Å². The smallest absolute Gasteiger partial charge is 0.246 e. The fraction of sp³-hybridized carbons (Fsp3) is 0.345. The van der Waals surface area contributed by atoms with Crippen LogP contribution in [0.3, 0.4) is 0 Å². The van der Waals surface area contributed by atoms with Crippen molar-refractivity contribution in [2.45, 2.75) is 55.5 Å². The predicted octanol–water partition coefficient (Wildman–Crippen LogP) is 3.74. The summed E-state index contributed by atoms with van der Waals surface area (Å²) in [6.07, 6.45) is 9.00. The Morgan fingerprint density at radius 3 is 2.57 bits per heavy atom. The van der Waals surface area contributed by atoms with E-state index in [0.29, 0.717) is 18.5 Å². The number of fused-ring (bicyclic) bond motifs is 1. The monoisotopic (exact) mass is 593 g/mol. The van der Waals surface area contributed by atoms with Crippen molar-refractivity contribution in [1.29, 1.82) is 0 Å². The second-order valence-electron chi connectivity index (χ2n) is 11.3. The van der Waals surface area contributed by atoms with E-state index in [0.717, 1.165) is 35.9 Å². The topological polar surface area (TPSA) is 112 Å². The van der Waals surface area contributed by atoms with Gasteiger partial charge < -0.3 is 5.43 Å². The number of nitrogens with zero attached hydrogens (tertiary/aromatic N) is 5. The van der Waals surface area contributed by atoms with E-state index in [-0.39, 0.29) is 41.1 Å². The lowest BCUT2D eigenvalue weighted by Crippen LogP contribution is -2.51. The number of carbonyl (C=O) groups is 1. The molecule has 218 valence electrons. The van der Waals surface area contributed by atoms with Crippen molar-refractivity contribution in [3.8, 4) is 0 Å². The fourth-order valence-electron chi connectivity index (χ4n) is 6.51. The molecule has 4 aliphatic rings. The van der Waals surface area contributed by atoms with E-state index < -0.39 is 27.3 Å². The lowest BCUT2D eigenvalue weighted by molar-refractivity contribution is 0.0726. The van der Waals surface area contributed by atoms with Crippen LogP contribution in [0.2, 0.25) is 0 Å². The van der Waals surface area contributed by atoms with Gasteiger partial charge in [0.1, 0.15) is 22.2 Å². The van der Waals surface area contributed by atoms with Gasteiger partial charge in [0.05, 0.1) is 28.7 Å². The van der Waals surface area contributed by atoms with Crippen LogP contribution in [0.1, 0.15) is 49.0 Å². The average molecular weight is 594 g/mol. The summed E-state index contributed by atoms with van der Waals surface area (Å²) in [5.41, 5.74) is 8.16. The number of hydrazine groups is 2. The SMILES string of the molecule is Cn1cc(S(=O)(=O)N(C2CC2)[C@H]2CCC3=CC4=C(C[C@]3(C(=O)c3cc(F)ccn3)C2)NNN4c2ccc(F)cc2)cn1. The van der Waals surface area contributed by atoms with E-state index in [9.17, 15) is 22.0 Å². The summed E-state index contributed by atoms with van der Waals surface area (Å²) < 4.78 is 58.8. The molecule has 2 fully saturated rings. The number of pyridine rings is 1. The van der Waals surface area contributed by atoms with E-state index in [2.05, 4.69) is 21.0 Å². The van der Waals surface area contributed by atoms with Crippen molar-refractivity contribution in [1.82, 2.24) is 30.0 Å². The van der Waals surface area contributed by atoms with E-state index in [4.69, 9.17) is 0 Å². The number of hydrogen-bond acceptors (Lipinski definition) is 8. The van der Waals surface area contributed by atoms with Gasteiger partial charge in [-0.2, -0.15) is 9.40 Å². The van der Waals surface area contributed by atoms with Crippen LogP contribution in [0.4, 0.5) is 14.5 Å². The standard InChI is InChI=1S/C29H29F2N7O3S/c1-36-17-24(16-33-36)42(40,41)38(22-8-9-22)23-5-2-18-12-27-26(34-35-37(27)21-6-3-19(30)4-7-21)15-29(18,14-23)28(39)25-13-20(31)10-11-32-25/h3-4,6-7,10-13,16-17,22-23,34-35H,2,5,8-9,14-15H2,1H3/t23-,29+/m0/s1. The second-order valence-corrected chi connectivity index (χ2v) is 13.2. The number of carbonyl (C=O) groups excluding carboxylic acids is 1. The Kier molecular flexibility index (Phi) is 6.29. The van der Waals surface area contributed by atoms with Crippen LogP contribution < -0.4 is 16.0 Å².